The van der Waals surface area contributed by atoms with Gasteiger partial charge < -0.3 is 0 Å². The summed E-state index contributed by atoms with van der Waals surface area (Å²) >= 11 is 6.84. The first-order valence-corrected chi connectivity index (χ1v) is 6.66. The first kappa shape index (κ1) is 11.6. The second-order valence-corrected chi connectivity index (χ2v) is 6.07. The molecule has 0 radical (unpaired) electrons. The minimum absolute atomic E-state index is 0.123. The molecule has 15 heavy (non-hydrogen) atoms. The Morgan fingerprint density at radius 3 is 2.87 bits per heavy atom. The molecular formula is C11H12Br2FN. The van der Waals surface area contributed by atoms with Gasteiger partial charge in [0.05, 0.1) is 0 Å². The fourth-order valence-corrected chi connectivity index (χ4v) is 2.77. The zero-order chi connectivity index (χ0) is 10.8. The molecule has 0 aromatic heterocycles. The van der Waals surface area contributed by atoms with Gasteiger partial charge in [-0.25, -0.2) is 4.39 Å². The van der Waals surface area contributed by atoms with E-state index in [9.17, 15) is 4.39 Å². The van der Waals surface area contributed by atoms with E-state index in [0.29, 0.717) is 11.4 Å². The molecule has 1 unspecified atom stereocenters. The Balaban J connectivity index is 2.04. The molecule has 1 fully saturated rings. The van der Waals surface area contributed by atoms with Gasteiger partial charge in [-0.05, 0) is 25.1 Å². The molecule has 1 nitrogen and oxygen atoms in total. The lowest BCUT2D eigenvalue weighted by Crippen LogP contribution is -2.20. The maximum atomic E-state index is 13.5. The summed E-state index contributed by atoms with van der Waals surface area (Å²) in [7, 11) is 0. The number of nitrogens with zero attached hydrogens (tertiary/aromatic N) is 1. The summed E-state index contributed by atoms with van der Waals surface area (Å²) in [6.07, 6.45) is 1.15. The molecule has 82 valence electrons. The lowest BCUT2D eigenvalue weighted by molar-refractivity contribution is 0.326. The van der Waals surface area contributed by atoms with Crippen molar-refractivity contribution in [3.05, 3.63) is 34.1 Å². The minimum Gasteiger partial charge on any atom is -0.298 e. The van der Waals surface area contributed by atoms with Crippen molar-refractivity contribution in [3.63, 3.8) is 0 Å². The van der Waals surface area contributed by atoms with E-state index in [2.05, 4.69) is 36.8 Å². The highest BCUT2D eigenvalue weighted by Gasteiger charge is 2.20. The van der Waals surface area contributed by atoms with Crippen molar-refractivity contribution in [3.8, 4) is 0 Å². The number of hydrogen-bond donors (Lipinski definition) is 0. The lowest BCUT2D eigenvalue weighted by atomic mass is 10.2. The van der Waals surface area contributed by atoms with Gasteiger partial charge in [-0.2, -0.15) is 0 Å². The Kier molecular flexibility index (Phi) is 3.80. The van der Waals surface area contributed by atoms with Gasteiger partial charge in [0.1, 0.15) is 5.82 Å². The van der Waals surface area contributed by atoms with E-state index in [1.807, 2.05) is 12.1 Å². The van der Waals surface area contributed by atoms with Crippen LogP contribution in [0.1, 0.15) is 12.0 Å². The van der Waals surface area contributed by atoms with Gasteiger partial charge >= 0.3 is 0 Å². The predicted octanol–water partition coefficient (Wildman–Crippen LogP) is 3.56. The smallest absolute Gasteiger partial charge is 0.128 e. The van der Waals surface area contributed by atoms with Gasteiger partial charge in [0.2, 0.25) is 0 Å². The van der Waals surface area contributed by atoms with Crippen molar-refractivity contribution in [2.24, 2.45) is 0 Å². The van der Waals surface area contributed by atoms with Crippen LogP contribution in [0.5, 0.6) is 0 Å². The number of benzene rings is 1. The van der Waals surface area contributed by atoms with Crippen LogP contribution in [0, 0.1) is 5.82 Å². The second-order valence-electron chi connectivity index (χ2n) is 3.86. The first-order valence-electron chi connectivity index (χ1n) is 4.95. The molecule has 1 aromatic carbocycles. The second kappa shape index (κ2) is 4.93. The summed E-state index contributed by atoms with van der Waals surface area (Å²) in [5.41, 5.74) is 0.778. The summed E-state index contributed by atoms with van der Waals surface area (Å²) in [5.74, 6) is -0.123. The molecule has 0 bridgehead atoms. The van der Waals surface area contributed by atoms with Crippen molar-refractivity contribution in [2.75, 3.05) is 13.1 Å². The molecule has 0 aliphatic carbocycles. The monoisotopic (exact) mass is 335 g/mol. The first-order chi connectivity index (χ1) is 7.15. The van der Waals surface area contributed by atoms with Crippen molar-refractivity contribution in [2.45, 2.75) is 17.8 Å². The highest BCUT2D eigenvalue weighted by Crippen LogP contribution is 2.21. The van der Waals surface area contributed by atoms with Crippen molar-refractivity contribution < 1.29 is 4.39 Å². The summed E-state index contributed by atoms with van der Waals surface area (Å²) < 4.78 is 14.3. The summed E-state index contributed by atoms with van der Waals surface area (Å²) in [4.78, 5) is 2.84. The van der Waals surface area contributed by atoms with E-state index in [4.69, 9.17) is 0 Å². The van der Waals surface area contributed by atoms with Crippen LogP contribution in [0.15, 0.2) is 22.7 Å². The molecule has 0 spiro atoms. The minimum atomic E-state index is -0.123. The zero-order valence-electron chi connectivity index (χ0n) is 8.22. The van der Waals surface area contributed by atoms with Crippen molar-refractivity contribution in [1.82, 2.24) is 4.90 Å². The molecule has 4 heteroatoms. The summed E-state index contributed by atoms with van der Waals surface area (Å²) in [6, 6.07) is 5.26. The van der Waals surface area contributed by atoms with Gasteiger partial charge in [-0.3, -0.25) is 4.90 Å². The maximum Gasteiger partial charge on any atom is 0.128 e. The normalized spacial score (nSPS) is 22.2. The molecule has 0 N–H and O–H groups in total. The summed E-state index contributed by atoms with van der Waals surface area (Å²) in [5, 5.41) is 0. The molecule has 2 rings (SSSR count). The number of hydrogen-bond acceptors (Lipinski definition) is 1. The third-order valence-electron chi connectivity index (χ3n) is 2.62. The van der Waals surface area contributed by atoms with Gasteiger partial charge in [-0.15, -0.1) is 0 Å². The zero-order valence-corrected chi connectivity index (χ0v) is 11.4. The Morgan fingerprint density at radius 2 is 2.27 bits per heavy atom. The lowest BCUT2D eigenvalue weighted by Gasteiger charge is -2.15. The predicted molar refractivity (Wildman–Crippen MR) is 66.7 cm³/mol. The molecule has 1 atom stereocenters. The summed E-state index contributed by atoms with van der Waals surface area (Å²) in [6.45, 7) is 2.77. The Morgan fingerprint density at radius 1 is 1.47 bits per heavy atom. The van der Waals surface area contributed by atoms with Crippen LogP contribution in [0.2, 0.25) is 0 Å². The fraction of sp³-hybridized carbons (Fsp3) is 0.455. The van der Waals surface area contributed by atoms with Gasteiger partial charge in [-0.1, -0.05) is 37.9 Å². The van der Waals surface area contributed by atoms with Crippen LogP contribution in [-0.2, 0) is 6.54 Å². The van der Waals surface area contributed by atoms with Crippen LogP contribution in [0.4, 0.5) is 4.39 Å². The van der Waals surface area contributed by atoms with Crippen LogP contribution in [0.3, 0.4) is 0 Å². The van der Waals surface area contributed by atoms with Crippen LogP contribution >= 0.6 is 31.9 Å². The third kappa shape index (κ3) is 3.02. The molecule has 0 saturated carbocycles. The van der Waals surface area contributed by atoms with Crippen molar-refractivity contribution >= 4 is 31.9 Å². The molecule has 0 amide bonds. The standard InChI is InChI=1S/C11H12Br2FN/c12-9-2-1-8(11(14)5-9)6-15-4-3-10(13)7-15/h1-2,5,10H,3-4,6-7H2. The number of likely N-dealkylation sites (tertiary alicyclic amines) is 1. The van der Waals surface area contributed by atoms with Crippen LogP contribution in [-0.4, -0.2) is 22.8 Å². The highest BCUT2D eigenvalue weighted by atomic mass is 79.9. The van der Waals surface area contributed by atoms with Gasteiger partial charge in [0.15, 0.2) is 0 Å². The van der Waals surface area contributed by atoms with Crippen LogP contribution in [0.25, 0.3) is 0 Å². The van der Waals surface area contributed by atoms with E-state index in [-0.39, 0.29) is 5.82 Å². The molecule has 1 aromatic rings. The van der Waals surface area contributed by atoms with E-state index >= 15 is 0 Å². The van der Waals surface area contributed by atoms with Gasteiger partial charge in [0, 0.05) is 28.0 Å². The average Bonchev–Trinajstić information content (AvgIpc) is 2.56. The Labute approximate surface area is 106 Å². The Hall–Kier alpha value is 0.0700. The molecule has 1 heterocycles. The van der Waals surface area contributed by atoms with E-state index < -0.39 is 0 Å². The third-order valence-corrected chi connectivity index (χ3v) is 3.86. The quantitative estimate of drug-likeness (QED) is 0.746. The van der Waals surface area contributed by atoms with Crippen LogP contribution < -0.4 is 0 Å². The van der Waals surface area contributed by atoms with Gasteiger partial charge in [0.25, 0.3) is 0 Å². The van der Waals surface area contributed by atoms with Crippen molar-refractivity contribution in [1.29, 1.82) is 0 Å². The maximum absolute atomic E-state index is 13.5. The Bertz CT molecular complexity index is 356. The molecule has 1 aliphatic heterocycles. The van der Waals surface area contributed by atoms with E-state index in [1.54, 1.807) is 0 Å². The number of rotatable bonds is 2. The number of alkyl halides is 1. The van der Waals surface area contributed by atoms with E-state index in [0.717, 1.165) is 29.5 Å². The highest BCUT2D eigenvalue weighted by molar-refractivity contribution is 9.10. The SMILES string of the molecule is Fc1cc(Br)ccc1CN1CCC(Br)C1. The largest absolute Gasteiger partial charge is 0.298 e. The molecular weight excluding hydrogens is 325 g/mol. The molecule has 1 saturated heterocycles. The van der Waals surface area contributed by atoms with E-state index in [1.165, 1.54) is 6.07 Å². The topological polar surface area (TPSA) is 3.24 Å². The fourth-order valence-electron chi connectivity index (χ4n) is 1.82. The molecule has 1 aliphatic rings. The average molecular weight is 337 g/mol. The number of halogens is 3.